The SMILES string of the molecule is Cc1ccc(CN2CCC(CNC(=O)c3cc(=O)[nH]c4ccccc34)CC2)o1. The molecular formula is C22H25N3O3. The molecule has 0 spiro atoms. The van der Waals surface area contributed by atoms with E-state index in [0.29, 0.717) is 23.5 Å². The van der Waals surface area contributed by atoms with Crippen molar-refractivity contribution >= 4 is 16.8 Å². The van der Waals surface area contributed by atoms with Crippen LogP contribution in [0.4, 0.5) is 0 Å². The molecule has 28 heavy (non-hydrogen) atoms. The molecule has 3 aromatic rings. The molecule has 0 saturated carbocycles. The number of carbonyl (C=O) groups excluding carboxylic acids is 1. The fourth-order valence-corrected chi connectivity index (χ4v) is 3.86. The number of piperidine rings is 1. The van der Waals surface area contributed by atoms with Gasteiger partial charge in [0.25, 0.3) is 5.91 Å². The number of para-hydroxylation sites is 1. The van der Waals surface area contributed by atoms with Gasteiger partial charge in [0.05, 0.1) is 12.1 Å². The van der Waals surface area contributed by atoms with Crippen LogP contribution in [0.5, 0.6) is 0 Å². The van der Waals surface area contributed by atoms with Gasteiger partial charge in [0.2, 0.25) is 5.56 Å². The molecular weight excluding hydrogens is 354 g/mol. The number of nitrogens with zero attached hydrogens (tertiary/aromatic N) is 1. The van der Waals surface area contributed by atoms with Crippen LogP contribution in [-0.4, -0.2) is 35.4 Å². The first-order chi connectivity index (χ1) is 13.6. The Hall–Kier alpha value is -2.86. The van der Waals surface area contributed by atoms with Crippen LogP contribution >= 0.6 is 0 Å². The van der Waals surface area contributed by atoms with Crippen LogP contribution < -0.4 is 10.9 Å². The number of aryl methyl sites for hydroxylation is 1. The maximum atomic E-state index is 12.7. The third-order valence-corrected chi connectivity index (χ3v) is 5.43. The molecule has 1 aliphatic rings. The van der Waals surface area contributed by atoms with E-state index in [0.717, 1.165) is 49.4 Å². The van der Waals surface area contributed by atoms with Crippen molar-refractivity contribution in [2.24, 2.45) is 5.92 Å². The third kappa shape index (κ3) is 4.17. The summed E-state index contributed by atoms with van der Waals surface area (Å²) in [5.41, 5.74) is 0.858. The number of amides is 1. The van der Waals surface area contributed by atoms with Gasteiger partial charge in [0.15, 0.2) is 0 Å². The summed E-state index contributed by atoms with van der Waals surface area (Å²) in [5.74, 6) is 2.22. The molecule has 1 fully saturated rings. The smallest absolute Gasteiger partial charge is 0.252 e. The first kappa shape index (κ1) is 18.5. The minimum atomic E-state index is -0.259. The molecule has 0 radical (unpaired) electrons. The van der Waals surface area contributed by atoms with Crippen LogP contribution in [0.3, 0.4) is 0 Å². The Kier molecular flexibility index (Phi) is 5.30. The minimum Gasteiger partial charge on any atom is -0.465 e. The van der Waals surface area contributed by atoms with Gasteiger partial charge >= 0.3 is 0 Å². The monoisotopic (exact) mass is 379 g/mol. The van der Waals surface area contributed by atoms with Crippen molar-refractivity contribution in [1.82, 2.24) is 15.2 Å². The maximum absolute atomic E-state index is 12.7. The van der Waals surface area contributed by atoms with Crippen molar-refractivity contribution in [2.75, 3.05) is 19.6 Å². The first-order valence-electron chi connectivity index (χ1n) is 9.76. The third-order valence-electron chi connectivity index (χ3n) is 5.43. The quantitative estimate of drug-likeness (QED) is 0.714. The molecule has 0 unspecified atom stereocenters. The lowest BCUT2D eigenvalue weighted by molar-refractivity contribution is 0.0935. The van der Waals surface area contributed by atoms with Crippen LogP contribution in [-0.2, 0) is 6.54 Å². The highest BCUT2D eigenvalue weighted by Crippen LogP contribution is 2.20. The molecule has 1 saturated heterocycles. The second kappa shape index (κ2) is 8.02. The van der Waals surface area contributed by atoms with Crippen LogP contribution in [0.25, 0.3) is 10.9 Å². The van der Waals surface area contributed by atoms with Crippen molar-refractivity contribution < 1.29 is 9.21 Å². The number of pyridine rings is 1. The molecule has 6 nitrogen and oxygen atoms in total. The predicted molar refractivity (Wildman–Crippen MR) is 108 cm³/mol. The van der Waals surface area contributed by atoms with Crippen LogP contribution in [0, 0.1) is 12.8 Å². The summed E-state index contributed by atoms with van der Waals surface area (Å²) < 4.78 is 5.66. The topological polar surface area (TPSA) is 78.3 Å². The zero-order valence-corrected chi connectivity index (χ0v) is 16.0. The van der Waals surface area contributed by atoms with E-state index in [1.54, 1.807) is 0 Å². The number of hydrogen-bond donors (Lipinski definition) is 2. The normalized spacial score (nSPS) is 15.8. The van der Waals surface area contributed by atoms with Crippen molar-refractivity contribution in [3.05, 3.63) is 69.9 Å². The lowest BCUT2D eigenvalue weighted by atomic mass is 9.96. The molecule has 0 aliphatic carbocycles. The fraction of sp³-hybridized carbons (Fsp3) is 0.364. The molecule has 0 bridgehead atoms. The van der Waals surface area contributed by atoms with Gasteiger partial charge in [-0.2, -0.15) is 0 Å². The summed E-state index contributed by atoms with van der Waals surface area (Å²) in [6.45, 7) is 5.42. The fourth-order valence-electron chi connectivity index (χ4n) is 3.86. The van der Waals surface area contributed by atoms with Gasteiger partial charge in [-0.3, -0.25) is 14.5 Å². The van der Waals surface area contributed by atoms with E-state index in [-0.39, 0.29) is 11.5 Å². The van der Waals surface area contributed by atoms with Crippen molar-refractivity contribution in [2.45, 2.75) is 26.3 Å². The Morgan fingerprint density at radius 3 is 2.75 bits per heavy atom. The average Bonchev–Trinajstić information content (AvgIpc) is 3.11. The Labute approximate surface area is 163 Å². The van der Waals surface area contributed by atoms with E-state index in [2.05, 4.69) is 15.2 Å². The van der Waals surface area contributed by atoms with Crippen molar-refractivity contribution in [1.29, 1.82) is 0 Å². The van der Waals surface area contributed by atoms with Crippen LogP contribution in [0.15, 0.2) is 51.7 Å². The molecule has 2 aromatic heterocycles. The number of nitrogens with one attached hydrogen (secondary N) is 2. The molecule has 2 N–H and O–H groups in total. The highest BCUT2D eigenvalue weighted by molar-refractivity contribution is 6.05. The number of likely N-dealkylation sites (tertiary alicyclic amines) is 1. The molecule has 146 valence electrons. The van der Waals surface area contributed by atoms with Gasteiger partial charge in [-0.25, -0.2) is 0 Å². The van der Waals surface area contributed by atoms with Gasteiger partial charge < -0.3 is 14.7 Å². The molecule has 1 amide bonds. The number of furan rings is 1. The van der Waals surface area contributed by atoms with E-state index in [1.807, 2.05) is 43.3 Å². The number of benzene rings is 1. The zero-order valence-electron chi connectivity index (χ0n) is 16.0. The number of fused-ring (bicyclic) bond motifs is 1. The van der Waals surface area contributed by atoms with E-state index >= 15 is 0 Å². The zero-order chi connectivity index (χ0) is 19.5. The van der Waals surface area contributed by atoms with Gasteiger partial charge in [-0.1, -0.05) is 18.2 Å². The summed E-state index contributed by atoms with van der Waals surface area (Å²) in [4.78, 5) is 29.7. The van der Waals surface area contributed by atoms with Gasteiger partial charge in [0.1, 0.15) is 11.5 Å². The Bertz CT molecular complexity index is 1030. The Morgan fingerprint density at radius 2 is 2.00 bits per heavy atom. The van der Waals surface area contributed by atoms with Crippen molar-refractivity contribution in [3.63, 3.8) is 0 Å². The molecule has 6 heteroatoms. The van der Waals surface area contributed by atoms with Gasteiger partial charge in [-0.15, -0.1) is 0 Å². The Morgan fingerprint density at radius 1 is 1.21 bits per heavy atom. The maximum Gasteiger partial charge on any atom is 0.252 e. The minimum absolute atomic E-state index is 0.184. The van der Waals surface area contributed by atoms with E-state index in [9.17, 15) is 9.59 Å². The summed E-state index contributed by atoms with van der Waals surface area (Å²) in [7, 11) is 0. The standard InChI is InChI=1S/C22H25N3O3/c1-15-6-7-17(28-15)14-25-10-8-16(9-11-25)13-23-22(27)19-12-21(26)24-20-5-3-2-4-18(19)20/h2-7,12,16H,8-11,13-14H2,1H3,(H,23,27)(H,24,26). The van der Waals surface area contributed by atoms with E-state index in [4.69, 9.17) is 4.42 Å². The van der Waals surface area contributed by atoms with E-state index in [1.165, 1.54) is 6.07 Å². The predicted octanol–water partition coefficient (Wildman–Crippen LogP) is 3.07. The molecule has 1 aromatic carbocycles. The largest absolute Gasteiger partial charge is 0.465 e. The van der Waals surface area contributed by atoms with Crippen molar-refractivity contribution in [3.8, 4) is 0 Å². The molecule has 3 heterocycles. The highest BCUT2D eigenvalue weighted by atomic mass is 16.3. The Balaban J connectivity index is 1.32. The van der Waals surface area contributed by atoms with Gasteiger partial charge in [0, 0.05) is 23.5 Å². The van der Waals surface area contributed by atoms with Crippen LogP contribution in [0.1, 0.15) is 34.7 Å². The average molecular weight is 379 g/mol. The summed E-state index contributed by atoms with van der Waals surface area (Å²) in [6, 6.07) is 12.8. The molecule has 4 rings (SSSR count). The van der Waals surface area contributed by atoms with E-state index < -0.39 is 0 Å². The summed E-state index contributed by atoms with van der Waals surface area (Å²) >= 11 is 0. The number of H-pyrrole nitrogens is 1. The molecule has 1 aliphatic heterocycles. The first-order valence-corrected chi connectivity index (χ1v) is 9.76. The number of rotatable bonds is 5. The lowest BCUT2D eigenvalue weighted by Gasteiger charge is -2.31. The summed E-state index contributed by atoms with van der Waals surface area (Å²) in [5, 5.41) is 3.79. The number of hydrogen-bond acceptors (Lipinski definition) is 4. The van der Waals surface area contributed by atoms with Gasteiger partial charge in [-0.05, 0) is 57.0 Å². The lowest BCUT2D eigenvalue weighted by Crippen LogP contribution is -2.38. The second-order valence-corrected chi connectivity index (χ2v) is 7.53. The second-order valence-electron chi connectivity index (χ2n) is 7.53. The number of carbonyl (C=O) groups is 1. The van der Waals surface area contributed by atoms with Crippen LogP contribution in [0.2, 0.25) is 0 Å². The number of aromatic nitrogens is 1. The highest BCUT2D eigenvalue weighted by Gasteiger charge is 2.21. The summed E-state index contributed by atoms with van der Waals surface area (Å²) in [6.07, 6.45) is 2.08. The molecule has 0 atom stereocenters. The number of aromatic amines is 1.